The van der Waals surface area contributed by atoms with Crippen LogP contribution in [0.15, 0.2) is 0 Å². The molecule has 2 fully saturated rings. The van der Waals surface area contributed by atoms with Crippen LogP contribution in [0.2, 0.25) is 0 Å². The van der Waals surface area contributed by atoms with E-state index in [0.29, 0.717) is 0 Å². The Morgan fingerprint density at radius 2 is 1.54 bits per heavy atom. The molecule has 4 heteroatoms. The Labute approximate surface area is 76.6 Å². The summed E-state index contributed by atoms with van der Waals surface area (Å²) < 4.78 is 0. The van der Waals surface area contributed by atoms with Crippen LogP contribution in [0.1, 0.15) is 32.1 Å². The van der Waals surface area contributed by atoms with Crippen LogP contribution in [0.4, 0.5) is 0 Å². The van der Waals surface area contributed by atoms with E-state index in [9.17, 15) is 9.59 Å². The summed E-state index contributed by atoms with van der Waals surface area (Å²) in [7, 11) is 0. The van der Waals surface area contributed by atoms with Crippen molar-refractivity contribution in [1.82, 2.24) is 0 Å². The van der Waals surface area contributed by atoms with Crippen LogP contribution < -0.4 is 0 Å². The second kappa shape index (κ2) is 4.25. The first-order chi connectivity index (χ1) is 6.09. The normalized spacial score (nSPS) is 28.3. The quantitative estimate of drug-likeness (QED) is 0.638. The van der Waals surface area contributed by atoms with Crippen molar-refractivity contribution in [3.05, 3.63) is 0 Å². The summed E-state index contributed by atoms with van der Waals surface area (Å²) in [5.41, 5.74) is 0. The highest BCUT2D eigenvalue weighted by Gasteiger charge is 2.40. The molecule has 2 atom stereocenters. The first-order valence-electron chi connectivity index (χ1n) is 4.53. The fourth-order valence-electron chi connectivity index (χ4n) is 1.79. The Morgan fingerprint density at radius 1 is 1.08 bits per heavy atom. The number of hydrogen-bond donors (Lipinski definition) is 2. The van der Waals surface area contributed by atoms with Crippen molar-refractivity contribution in [1.29, 1.82) is 0 Å². The van der Waals surface area contributed by atoms with Crippen LogP contribution in [-0.4, -0.2) is 22.2 Å². The van der Waals surface area contributed by atoms with Crippen molar-refractivity contribution in [2.24, 2.45) is 11.8 Å². The molecule has 2 unspecified atom stereocenters. The van der Waals surface area contributed by atoms with Gasteiger partial charge < -0.3 is 10.2 Å². The minimum absolute atomic E-state index is 0.806. The Balaban J connectivity index is 0.000000130. The van der Waals surface area contributed by atoms with Crippen molar-refractivity contribution in [2.45, 2.75) is 32.1 Å². The Kier molecular flexibility index (Phi) is 3.28. The molecule has 0 spiro atoms. The Morgan fingerprint density at radius 3 is 1.62 bits per heavy atom. The summed E-state index contributed by atoms with van der Waals surface area (Å²) >= 11 is 0. The van der Waals surface area contributed by atoms with Gasteiger partial charge in [-0.1, -0.05) is 19.3 Å². The van der Waals surface area contributed by atoms with Gasteiger partial charge in [-0.15, -0.1) is 0 Å². The first kappa shape index (κ1) is 10.0. The second-order valence-electron chi connectivity index (χ2n) is 3.65. The van der Waals surface area contributed by atoms with Crippen LogP contribution >= 0.6 is 0 Å². The molecule has 0 radical (unpaired) electrons. The monoisotopic (exact) mass is 186 g/mol. The van der Waals surface area contributed by atoms with E-state index in [0.717, 1.165) is 0 Å². The van der Waals surface area contributed by atoms with Gasteiger partial charge in [-0.2, -0.15) is 0 Å². The number of carbonyl (C=O) groups is 2. The van der Waals surface area contributed by atoms with E-state index in [1.165, 1.54) is 18.3 Å². The number of aliphatic carboxylic acids is 2. The summed E-state index contributed by atoms with van der Waals surface area (Å²) in [6.07, 6.45) is 5.44. The molecule has 2 N–H and O–H groups in total. The molecular weight excluding hydrogens is 172 g/mol. The number of hydrogen-bond acceptors (Lipinski definition) is 2. The minimum atomic E-state index is -1.31. The van der Waals surface area contributed by atoms with Crippen LogP contribution in [0.5, 0.6) is 0 Å². The molecule has 13 heavy (non-hydrogen) atoms. The molecule has 0 aromatic rings. The highest BCUT2D eigenvalue weighted by atomic mass is 16.4. The molecule has 0 saturated heterocycles. The molecule has 0 bridgehead atoms. The number of carboxylic acids is 2. The summed E-state index contributed by atoms with van der Waals surface area (Å²) in [4.78, 5) is 18.9. The SMILES string of the molecule is C1CC2CC2C1.O=C(O)CC(=O)O. The van der Waals surface area contributed by atoms with E-state index in [4.69, 9.17) is 10.2 Å². The third-order valence-electron chi connectivity index (χ3n) is 2.52. The summed E-state index contributed by atoms with van der Waals surface area (Å²) in [6.45, 7) is 0. The van der Waals surface area contributed by atoms with Crippen LogP contribution in [0.3, 0.4) is 0 Å². The average molecular weight is 186 g/mol. The van der Waals surface area contributed by atoms with Gasteiger partial charge in [0, 0.05) is 0 Å². The first-order valence-corrected chi connectivity index (χ1v) is 4.53. The molecule has 0 aliphatic heterocycles. The highest BCUT2D eigenvalue weighted by Crippen LogP contribution is 2.51. The van der Waals surface area contributed by atoms with E-state index < -0.39 is 18.4 Å². The van der Waals surface area contributed by atoms with Crippen molar-refractivity contribution in [2.75, 3.05) is 0 Å². The zero-order valence-corrected chi connectivity index (χ0v) is 7.40. The Bertz CT molecular complexity index is 192. The predicted octanol–water partition coefficient (Wildman–Crippen LogP) is 1.35. The van der Waals surface area contributed by atoms with Gasteiger partial charge in [0.1, 0.15) is 6.42 Å². The van der Waals surface area contributed by atoms with Crippen molar-refractivity contribution >= 4 is 11.9 Å². The summed E-state index contributed by atoms with van der Waals surface area (Å²) in [5, 5.41) is 15.4. The maximum Gasteiger partial charge on any atom is 0.314 e. The minimum Gasteiger partial charge on any atom is -0.481 e. The molecule has 0 heterocycles. The maximum atomic E-state index is 9.43. The highest BCUT2D eigenvalue weighted by molar-refractivity contribution is 5.88. The van der Waals surface area contributed by atoms with E-state index in [1.54, 1.807) is 19.3 Å². The van der Waals surface area contributed by atoms with Crippen LogP contribution in [-0.2, 0) is 9.59 Å². The summed E-state index contributed by atoms with van der Waals surface area (Å²) in [5.74, 6) is -0.199. The molecule has 2 aliphatic carbocycles. The average Bonchev–Trinajstić information content (AvgIpc) is 2.57. The smallest absolute Gasteiger partial charge is 0.314 e. The van der Waals surface area contributed by atoms with Gasteiger partial charge in [0.25, 0.3) is 0 Å². The predicted molar refractivity (Wildman–Crippen MR) is 45.3 cm³/mol. The van der Waals surface area contributed by atoms with Crippen molar-refractivity contribution in [3.63, 3.8) is 0 Å². The van der Waals surface area contributed by atoms with Gasteiger partial charge in [-0.25, -0.2) is 0 Å². The summed E-state index contributed by atoms with van der Waals surface area (Å²) in [6, 6.07) is 0. The third kappa shape index (κ3) is 3.92. The molecule has 0 aromatic heterocycles. The van der Waals surface area contributed by atoms with E-state index in [2.05, 4.69) is 0 Å². The largest absolute Gasteiger partial charge is 0.481 e. The number of fused-ring (bicyclic) bond motifs is 1. The van der Waals surface area contributed by atoms with Gasteiger partial charge in [-0.05, 0) is 18.3 Å². The van der Waals surface area contributed by atoms with Crippen LogP contribution in [0, 0.1) is 11.8 Å². The molecular formula is C9H14O4. The zero-order valence-electron chi connectivity index (χ0n) is 7.40. The van der Waals surface area contributed by atoms with E-state index >= 15 is 0 Å². The molecule has 0 amide bonds. The standard InChI is InChI=1S/C6H10.C3H4O4/c1-2-5-4-6(5)3-1;4-2(5)1-3(6)7/h5-6H,1-4H2;1H2,(H,4,5)(H,6,7). The molecule has 0 aromatic carbocycles. The van der Waals surface area contributed by atoms with E-state index in [1.807, 2.05) is 0 Å². The van der Waals surface area contributed by atoms with Crippen molar-refractivity contribution < 1.29 is 19.8 Å². The van der Waals surface area contributed by atoms with Crippen LogP contribution in [0.25, 0.3) is 0 Å². The molecule has 2 rings (SSSR count). The molecule has 74 valence electrons. The number of carboxylic acid groups (broad SMARTS) is 2. The number of rotatable bonds is 2. The molecule has 4 nitrogen and oxygen atoms in total. The lowest BCUT2D eigenvalue weighted by Crippen LogP contribution is -2.03. The van der Waals surface area contributed by atoms with Crippen molar-refractivity contribution in [3.8, 4) is 0 Å². The fourth-order valence-corrected chi connectivity index (χ4v) is 1.79. The van der Waals surface area contributed by atoms with Gasteiger partial charge in [0.15, 0.2) is 0 Å². The third-order valence-corrected chi connectivity index (χ3v) is 2.52. The fraction of sp³-hybridized carbons (Fsp3) is 0.778. The van der Waals surface area contributed by atoms with Gasteiger partial charge >= 0.3 is 11.9 Å². The molecule has 2 saturated carbocycles. The second-order valence-corrected chi connectivity index (χ2v) is 3.65. The Hall–Kier alpha value is -1.06. The lowest BCUT2D eigenvalue weighted by atomic mass is 10.3. The topological polar surface area (TPSA) is 74.6 Å². The van der Waals surface area contributed by atoms with Gasteiger partial charge in [-0.3, -0.25) is 9.59 Å². The molecule has 2 aliphatic rings. The van der Waals surface area contributed by atoms with E-state index in [-0.39, 0.29) is 0 Å². The van der Waals surface area contributed by atoms with Gasteiger partial charge in [0.05, 0.1) is 0 Å². The lowest BCUT2D eigenvalue weighted by Gasteiger charge is -1.80. The zero-order chi connectivity index (χ0) is 9.84. The van der Waals surface area contributed by atoms with Gasteiger partial charge in [0.2, 0.25) is 0 Å². The lowest BCUT2D eigenvalue weighted by molar-refractivity contribution is -0.147. The maximum absolute atomic E-state index is 9.43.